The molecule has 0 bridgehead atoms. The Balaban J connectivity index is 1.53. The van der Waals surface area contributed by atoms with E-state index >= 15 is 0 Å². The SMILES string of the molecule is COc1cccc(C(CNC(=O)C(c2ccccc2)n2cccn2)c2c[nH]c3ccccc23)c1OC. The Kier molecular flexibility index (Phi) is 6.71. The molecule has 2 N–H and O–H groups in total. The molecule has 5 rings (SSSR count). The minimum Gasteiger partial charge on any atom is -0.493 e. The molecular weight excluding hydrogens is 452 g/mol. The molecule has 7 nitrogen and oxygen atoms in total. The predicted molar refractivity (Wildman–Crippen MR) is 140 cm³/mol. The summed E-state index contributed by atoms with van der Waals surface area (Å²) < 4.78 is 13.0. The van der Waals surface area contributed by atoms with Crippen LogP contribution in [-0.2, 0) is 4.79 Å². The molecule has 7 heteroatoms. The Bertz CT molecular complexity index is 1440. The molecule has 0 spiro atoms. The summed E-state index contributed by atoms with van der Waals surface area (Å²) >= 11 is 0. The van der Waals surface area contributed by atoms with Crippen molar-refractivity contribution in [1.82, 2.24) is 20.1 Å². The summed E-state index contributed by atoms with van der Waals surface area (Å²) in [5.41, 5.74) is 3.88. The lowest BCUT2D eigenvalue weighted by Gasteiger charge is -2.24. The van der Waals surface area contributed by atoms with Gasteiger partial charge in [0.1, 0.15) is 0 Å². The number of H-pyrrole nitrogens is 1. The first kappa shape index (κ1) is 23.2. The third kappa shape index (κ3) is 4.43. The maximum Gasteiger partial charge on any atom is 0.249 e. The molecule has 0 fully saturated rings. The van der Waals surface area contributed by atoms with E-state index in [0.717, 1.165) is 27.6 Å². The number of nitrogens with zero attached hydrogens (tertiary/aromatic N) is 2. The molecule has 1 amide bonds. The number of hydrogen-bond acceptors (Lipinski definition) is 4. The molecule has 0 aliphatic carbocycles. The number of rotatable bonds is 9. The van der Waals surface area contributed by atoms with Crippen molar-refractivity contribution in [3.63, 3.8) is 0 Å². The maximum absolute atomic E-state index is 13.7. The smallest absolute Gasteiger partial charge is 0.249 e. The number of carbonyl (C=O) groups is 1. The Morgan fingerprint density at radius 1 is 0.944 bits per heavy atom. The number of benzene rings is 3. The molecule has 36 heavy (non-hydrogen) atoms. The van der Waals surface area contributed by atoms with Crippen molar-refractivity contribution < 1.29 is 14.3 Å². The van der Waals surface area contributed by atoms with Gasteiger partial charge < -0.3 is 19.8 Å². The third-order valence-electron chi connectivity index (χ3n) is 6.44. The zero-order valence-electron chi connectivity index (χ0n) is 20.2. The molecule has 2 unspecified atom stereocenters. The van der Waals surface area contributed by atoms with Crippen molar-refractivity contribution in [3.05, 3.63) is 114 Å². The monoisotopic (exact) mass is 480 g/mol. The minimum absolute atomic E-state index is 0.142. The number of methoxy groups -OCH3 is 2. The van der Waals surface area contributed by atoms with Crippen LogP contribution in [0.5, 0.6) is 11.5 Å². The molecule has 2 atom stereocenters. The average Bonchev–Trinajstić information content (AvgIpc) is 3.60. The van der Waals surface area contributed by atoms with Gasteiger partial charge in [-0.05, 0) is 29.3 Å². The van der Waals surface area contributed by atoms with Crippen molar-refractivity contribution in [2.45, 2.75) is 12.0 Å². The second-order valence-corrected chi connectivity index (χ2v) is 8.47. The third-order valence-corrected chi connectivity index (χ3v) is 6.44. The summed E-state index contributed by atoms with van der Waals surface area (Å²) in [5.74, 6) is 0.960. The lowest BCUT2D eigenvalue weighted by atomic mass is 9.89. The van der Waals surface area contributed by atoms with Crippen molar-refractivity contribution >= 4 is 16.8 Å². The van der Waals surface area contributed by atoms with Crippen molar-refractivity contribution in [2.24, 2.45) is 0 Å². The quantitative estimate of drug-likeness (QED) is 0.314. The van der Waals surface area contributed by atoms with Crippen LogP contribution in [0.15, 0.2) is 97.5 Å². The first-order valence-corrected chi connectivity index (χ1v) is 11.8. The second-order valence-electron chi connectivity index (χ2n) is 8.47. The van der Waals surface area contributed by atoms with E-state index in [0.29, 0.717) is 18.0 Å². The molecule has 3 aromatic carbocycles. The second kappa shape index (κ2) is 10.4. The van der Waals surface area contributed by atoms with Crippen LogP contribution < -0.4 is 14.8 Å². The zero-order valence-corrected chi connectivity index (χ0v) is 20.2. The highest BCUT2D eigenvalue weighted by Gasteiger charge is 2.27. The number of aromatic nitrogens is 3. The van der Waals surface area contributed by atoms with E-state index in [1.54, 1.807) is 31.3 Å². The van der Waals surface area contributed by atoms with Gasteiger partial charge in [-0.15, -0.1) is 0 Å². The van der Waals surface area contributed by atoms with Gasteiger partial charge in [0, 0.05) is 47.5 Å². The van der Waals surface area contributed by atoms with Gasteiger partial charge in [0.05, 0.1) is 14.2 Å². The van der Waals surface area contributed by atoms with Gasteiger partial charge in [0.25, 0.3) is 0 Å². The van der Waals surface area contributed by atoms with Crippen molar-refractivity contribution in [1.29, 1.82) is 0 Å². The van der Waals surface area contributed by atoms with Gasteiger partial charge in [-0.25, -0.2) is 0 Å². The van der Waals surface area contributed by atoms with E-state index in [9.17, 15) is 4.79 Å². The Morgan fingerprint density at radius 3 is 2.50 bits per heavy atom. The zero-order chi connectivity index (χ0) is 24.9. The molecule has 0 aliphatic heterocycles. The van der Waals surface area contributed by atoms with Gasteiger partial charge in [0.2, 0.25) is 5.91 Å². The van der Waals surface area contributed by atoms with Crippen molar-refractivity contribution in [3.8, 4) is 11.5 Å². The average molecular weight is 481 g/mol. The Labute approximate surface area is 209 Å². The fourth-order valence-electron chi connectivity index (χ4n) is 4.75. The summed E-state index contributed by atoms with van der Waals surface area (Å²) in [7, 11) is 3.26. The van der Waals surface area contributed by atoms with Crippen LogP contribution in [0.4, 0.5) is 0 Å². The van der Waals surface area contributed by atoms with Crippen LogP contribution >= 0.6 is 0 Å². The number of carbonyl (C=O) groups excluding carboxylic acids is 1. The minimum atomic E-state index is -0.586. The highest BCUT2D eigenvalue weighted by molar-refractivity contribution is 5.86. The number of para-hydroxylation sites is 2. The molecule has 0 radical (unpaired) electrons. The standard InChI is InChI=1S/C29H28N4O3/c1-35-26-15-8-13-22(28(26)36-2)24(23-18-30-25-14-7-6-12-21(23)25)19-31-29(34)27(33-17-9-16-32-33)20-10-4-3-5-11-20/h3-18,24,27,30H,19H2,1-2H3,(H,31,34). The number of amides is 1. The molecular formula is C29H28N4O3. The number of nitrogens with one attached hydrogen (secondary N) is 2. The largest absolute Gasteiger partial charge is 0.493 e. The highest BCUT2D eigenvalue weighted by Crippen LogP contribution is 2.40. The van der Waals surface area contributed by atoms with Crippen LogP contribution in [0.1, 0.15) is 28.7 Å². The highest BCUT2D eigenvalue weighted by atomic mass is 16.5. The van der Waals surface area contributed by atoms with E-state index in [2.05, 4.69) is 21.5 Å². The fourth-order valence-corrected chi connectivity index (χ4v) is 4.75. The van der Waals surface area contributed by atoms with E-state index in [1.807, 2.05) is 79.0 Å². The molecule has 2 heterocycles. The summed E-state index contributed by atoms with van der Waals surface area (Å²) in [5, 5.41) is 8.65. The Morgan fingerprint density at radius 2 is 1.75 bits per heavy atom. The normalized spacial score (nSPS) is 12.7. The van der Waals surface area contributed by atoms with Crippen LogP contribution in [0.25, 0.3) is 10.9 Å². The Hall–Kier alpha value is -4.52. The van der Waals surface area contributed by atoms with Crippen LogP contribution in [-0.4, -0.2) is 41.4 Å². The van der Waals surface area contributed by atoms with E-state index in [4.69, 9.17) is 9.47 Å². The lowest BCUT2D eigenvalue weighted by molar-refractivity contribution is -0.123. The van der Waals surface area contributed by atoms with Gasteiger partial charge in [0.15, 0.2) is 17.5 Å². The fraction of sp³-hybridized carbons (Fsp3) is 0.172. The van der Waals surface area contributed by atoms with Gasteiger partial charge in [-0.1, -0.05) is 60.7 Å². The molecule has 182 valence electrons. The summed E-state index contributed by atoms with van der Waals surface area (Å²) in [6.45, 7) is 0.356. The first-order valence-electron chi connectivity index (χ1n) is 11.8. The summed E-state index contributed by atoms with van der Waals surface area (Å²) in [4.78, 5) is 17.0. The van der Waals surface area contributed by atoms with Crippen LogP contribution in [0.3, 0.4) is 0 Å². The predicted octanol–water partition coefficient (Wildman–Crippen LogP) is 4.92. The summed E-state index contributed by atoms with van der Waals surface area (Å²) in [6, 6.07) is 24.9. The van der Waals surface area contributed by atoms with E-state index in [1.165, 1.54) is 0 Å². The molecule has 5 aromatic rings. The number of fused-ring (bicyclic) bond motifs is 1. The summed E-state index contributed by atoms with van der Waals surface area (Å²) in [6.07, 6.45) is 5.49. The van der Waals surface area contributed by atoms with Crippen molar-refractivity contribution in [2.75, 3.05) is 20.8 Å². The number of ether oxygens (including phenoxy) is 2. The van der Waals surface area contributed by atoms with Crippen LogP contribution in [0.2, 0.25) is 0 Å². The van der Waals surface area contributed by atoms with Crippen LogP contribution in [0, 0.1) is 0 Å². The van der Waals surface area contributed by atoms with E-state index in [-0.39, 0.29) is 11.8 Å². The van der Waals surface area contributed by atoms with E-state index < -0.39 is 6.04 Å². The number of hydrogen-bond donors (Lipinski definition) is 2. The first-order chi connectivity index (χ1) is 17.7. The van der Waals surface area contributed by atoms with Gasteiger partial charge in [-0.2, -0.15) is 5.10 Å². The topological polar surface area (TPSA) is 81.2 Å². The molecule has 2 aromatic heterocycles. The number of aromatic amines is 1. The molecule has 0 saturated carbocycles. The lowest BCUT2D eigenvalue weighted by Crippen LogP contribution is -2.36. The maximum atomic E-state index is 13.7. The van der Waals surface area contributed by atoms with Gasteiger partial charge in [-0.3, -0.25) is 9.48 Å². The molecule has 0 aliphatic rings. The molecule has 0 saturated heterocycles. The van der Waals surface area contributed by atoms with Gasteiger partial charge >= 0.3 is 0 Å².